The van der Waals surface area contributed by atoms with E-state index in [1.807, 2.05) is 0 Å². The van der Waals surface area contributed by atoms with Crippen LogP contribution in [0.2, 0.25) is 0 Å². The standard InChI is InChI=1S/C18H37N.Au/c1-2-3-4-5-6-7-8-9-10-11-12-13-14-15-16-17-18-19;/h9-10H,2-8,11-19H2,1H3;. The third-order valence-electron chi connectivity index (χ3n) is 3.72. The van der Waals surface area contributed by atoms with Crippen molar-refractivity contribution in [1.82, 2.24) is 0 Å². The molecule has 0 aromatic carbocycles. The molecular formula is C18H37AuN. The number of nitrogens with two attached hydrogens (primary N) is 1. The van der Waals surface area contributed by atoms with Crippen LogP contribution in [-0.2, 0) is 22.4 Å². The summed E-state index contributed by atoms with van der Waals surface area (Å²) < 4.78 is 0. The molecule has 0 fully saturated rings. The average Bonchev–Trinajstić information content (AvgIpc) is 2.43. The van der Waals surface area contributed by atoms with Gasteiger partial charge in [-0.15, -0.1) is 0 Å². The van der Waals surface area contributed by atoms with Crippen LogP contribution in [0.25, 0.3) is 0 Å². The second-order valence-corrected chi connectivity index (χ2v) is 5.73. The van der Waals surface area contributed by atoms with Gasteiger partial charge in [0.25, 0.3) is 0 Å². The van der Waals surface area contributed by atoms with Gasteiger partial charge >= 0.3 is 0 Å². The Morgan fingerprint density at radius 3 is 1.45 bits per heavy atom. The maximum absolute atomic E-state index is 5.47. The molecule has 0 aromatic rings. The molecule has 0 bridgehead atoms. The summed E-state index contributed by atoms with van der Waals surface area (Å²) in [7, 11) is 0. The molecule has 0 saturated heterocycles. The SMILES string of the molecule is CCCCCCCCC=CCCCCCCCCN.[Au]. The summed E-state index contributed by atoms with van der Waals surface area (Å²) in [5.41, 5.74) is 5.47. The number of rotatable bonds is 15. The van der Waals surface area contributed by atoms with E-state index in [2.05, 4.69) is 19.1 Å². The fraction of sp³-hybridized carbons (Fsp3) is 0.889. The zero-order valence-electron chi connectivity index (χ0n) is 13.6. The van der Waals surface area contributed by atoms with Crippen molar-refractivity contribution in [1.29, 1.82) is 0 Å². The van der Waals surface area contributed by atoms with Gasteiger partial charge in [-0.05, 0) is 38.6 Å². The molecule has 1 nitrogen and oxygen atoms in total. The van der Waals surface area contributed by atoms with E-state index in [1.165, 1.54) is 89.9 Å². The van der Waals surface area contributed by atoms with E-state index in [4.69, 9.17) is 5.73 Å². The molecule has 0 spiro atoms. The van der Waals surface area contributed by atoms with Crippen LogP contribution in [0.3, 0.4) is 0 Å². The summed E-state index contributed by atoms with van der Waals surface area (Å²) in [5, 5.41) is 0. The Kier molecular flexibility index (Phi) is 24.7. The molecule has 2 heteroatoms. The van der Waals surface area contributed by atoms with Crippen molar-refractivity contribution in [3.8, 4) is 0 Å². The first-order valence-corrected chi connectivity index (χ1v) is 8.77. The quantitative estimate of drug-likeness (QED) is 0.180. The van der Waals surface area contributed by atoms with E-state index in [9.17, 15) is 0 Å². The minimum Gasteiger partial charge on any atom is -0.330 e. The molecule has 2 N–H and O–H groups in total. The summed E-state index contributed by atoms with van der Waals surface area (Å²) in [6, 6.07) is 0. The summed E-state index contributed by atoms with van der Waals surface area (Å²) >= 11 is 0. The third-order valence-corrected chi connectivity index (χ3v) is 3.72. The molecule has 125 valence electrons. The van der Waals surface area contributed by atoms with Gasteiger partial charge in [0, 0.05) is 22.4 Å². The van der Waals surface area contributed by atoms with Crippen LogP contribution in [0.4, 0.5) is 0 Å². The molecule has 0 heterocycles. The predicted molar refractivity (Wildman–Crippen MR) is 88.5 cm³/mol. The van der Waals surface area contributed by atoms with Crippen molar-refractivity contribution in [3.05, 3.63) is 12.2 Å². The molecule has 0 aromatic heterocycles. The van der Waals surface area contributed by atoms with E-state index in [0.29, 0.717) is 0 Å². The summed E-state index contributed by atoms with van der Waals surface area (Å²) in [4.78, 5) is 0. The van der Waals surface area contributed by atoms with Gasteiger partial charge < -0.3 is 5.73 Å². The van der Waals surface area contributed by atoms with Gasteiger partial charge in [0.05, 0.1) is 0 Å². The Morgan fingerprint density at radius 2 is 1.00 bits per heavy atom. The number of unbranched alkanes of at least 4 members (excludes halogenated alkanes) is 12. The van der Waals surface area contributed by atoms with Crippen molar-refractivity contribution in [2.24, 2.45) is 5.73 Å². The summed E-state index contributed by atoms with van der Waals surface area (Å²) in [5.74, 6) is 0. The van der Waals surface area contributed by atoms with Crippen LogP contribution in [0.5, 0.6) is 0 Å². The van der Waals surface area contributed by atoms with Crippen LogP contribution in [-0.4, -0.2) is 6.54 Å². The smallest absolute Gasteiger partial charge is 0 e. The maximum Gasteiger partial charge on any atom is 0 e. The number of hydrogen-bond donors (Lipinski definition) is 1. The van der Waals surface area contributed by atoms with Gasteiger partial charge in [0.15, 0.2) is 0 Å². The van der Waals surface area contributed by atoms with Gasteiger partial charge in [-0.3, -0.25) is 0 Å². The Bertz CT molecular complexity index is 180. The minimum absolute atomic E-state index is 0. The zero-order chi connectivity index (χ0) is 14.0. The average molecular weight is 464 g/mol. The molecule has 0 amide bonds. The first-order valence-electron chi connectivity index (χ1n) is 8.77. The molecule has 0 rings (SSSR count). The number of allylic oxidation sites excluding steroid dienone is 2. The van der Waals surface area contributed by atoms with Crippen molar-refractivity contribution >= 4 is 0 Å². The molecule has 0 aliphatic rings. The van der Waals surface area contributed by atoms with E-state index >= 15 is 0 Å². The fourth-order valence-electron chi connectivity index (χ4n) is 2.39. The monoisotopic (exact) mass is 464 g/mol. The second kappa shape index (κ2) is 21.7. The normalized spacial score (nSPS) is 10.9. The van der Waals surface area contributed by atoms with Gasteiger partial charge in [0.1, 0.15) is 0 Å². The largest absolute Gasteiger partial charge is 0.330 e. The summed E-state index contributed by atoms with van der Waals surface area (Å²) in [6.45, 7) is 3.14. The van der Waals surface area contributed by atoms with Gasteiger partial charge in [0.2, 0.25) is 0 Å². The van der Waals surface area contributed by atoms with Crippen molar-refractivity contribution in [3.63, 3.8) is 0 Å². The van der Waals surface area contributed by atoms with E-state index in [1.54, 1.807) is 0 Å². The molecule has 0 atom stereocenters. The summed E-state index contributed by atoms with van der Waals surface area (Å²) in [6.07, 6.45) is 23.9. The molecule has 0 unspecified atom stereocenters. The van der Waals surface area contributed by atoms with Crippen LogP contribution < -0.4 is 5.73 Å². The van der Waals surface area contributed by atoms with E-state index in [-0.39, 0.29) is 22.4 Å². The first kappa shape index (κ1) is 22.7. The van der Waals surface area contributed by atoms with Crippen molar-refractivity contribution in [2.45, 2.75) is 96.8 Å². The Hall–Kier alpha value is 0.440. The molecule has 0 aliphatic carbocycles. The minimum atomic E-state index is 0. The Morgan fingerprint density at radius 1 is 0.600 bits per heavy atom. The van der Waals surface area contributed by atoms with Crippen LogP contribution in [0.1, 0.15) is 96.8 Å². The molecule has 1 radical (unpaired) electrons. The molecule has 20 heavy (non-hydrogen) atoms. The van der Waals surface area contributed by atoms with Gasteiger partial charge in [-0.25, -0.2) is 0 Å². The Labute approximate surface area is 143 Å². The molecule has 0 saturated carbocycles. The van der Waals surface area contributed by atoms with Gasteiger partial charge in [-0.1, -0.05) is 76.9 Å². The first-order chi connectivity index (χ1) is 9.41. The van der Waals surface area contributed by atoms with Crippen LogP contribution in [0, 0.1) is 0 Å². The predicted octanol–water partition coefficient (Wildman–Crippen LogP) is 5.98. The third kappa shape index (κ3) is 20.8. The second-order valence-electron chi connectivity index (χ2n) is 5.73. The van der Waals surface area contributed by atoms with Gasteiger partial charge in [-0.2, -0.15) is 0 Å². The van der Waals surface area contributed by atoms with Crippen LogP contribution >= 0.6 is 0 Å². The van der Waals surface area contributed by atoms with E-state index < -0.39 is 0 Å². The topological polar surface area (TPSA) is 26.0 Å². The molecular weight excluding hydrogens is 427 g/mol. The maximum atomic E-state index is 5.47. The fourth-order valence-corrected chi connectivity index (χ4v) is 2.39. The van der Waals surface area contributed by atoms with E-state index in [0.717, 1.165) is 6.54 Å². The zero-order valence-corrected chi connectivity index (χ0v) is 15.8. The van der Waals surface area contributed by atoms with Crippen molar-refractivity contribution < 1.29 is 22.4 Å². The Balaban J connectivity index is 0. The van der Waals surface area contributed by atoms with Crippen LogP contribution in [0.15, 0.2) is 12.2 Å². The molecule has 0 aliphatic heterocycles. The van der Waals surface area contributed by atoms with Crippen molar-refractivity contribution in [2.75, 3.05) is 6.54 Å². The number of hydrogen-bond acceptors (Lipinski definition) is 1.